The fourth-order valence-electron chi connectivity index (χ4n) is 2.38. The molecule has 5 heteroatoms. The lowest BCUT2D eigenvalue weighted by molar-refractivity contribution is -0.0260. The van der Waals surface area contributed by atoms with Crippen molar-refractivity contribution < 1.29 is 9.53 Å². The summed E-state index contributed by atoms with van der Waals surface area (Å²) in [5.41, 5.74) is 0.628. The Hall–Kier alpha value is -1.36. The highest BCUT2D eigenvalue weighted by molar-refractivity contribution is 5.93. The summed E-state index contributed by atoms with van der Waals surface area (Å²) in [6, 6.07) is 0. The number of ether oxygens (including phenoxy) is 1. The molecule has 1 aromatic heterocycles. The molecule has 1 N–H and O–H groups in total. The van der Waals surface area contributed by atoms with Crippen molar-refractivity contribution in [2.24, 2.45) is 5.92 Å². The minimum absolute atomic E-state index is 0.0471. The average molecular weight is 265 g/mol. The highest BCUT2D eigenvalue weighted by Gasteiger charge is 2.25. The van der Waals surface area contributed by atoms with Crippen molar-refractivity contribution in [2.75, 3.05) is 19.7 Å². The van der Waals surface area contributed by atoms with Gasteiger partial charge in [0.2, 0.25) is 0 Å². The summed E-state index contributed by atoms with van der Waals surface area (Å²) >= 11 is 0. The largest absolute Gasteiger partial charge is 0.375 e. The van der Waals surface area contributed by atoms with Crippen molar-refractivity contribution in [1.29, 1.82) is 0 Å². The van der Waals surface area contributed by atoms with Crippen molar-refractivity contribution in [3.8, 4) is 0 Å². The number of aromatic amines is 1. The van der Waals surface area contributed by atoms with Gasteiger partial charge in [-0.3, -0.25) is 9.89 Å². The van der Waals surface area contributed by atoms with Gasteiger partial charge in [0, 0.05) is 19.3 Å². The maximum absolute atomic E-state index is 12.2. The van der Waals surface area contributed by atoms with Gasteiger partial charge in [0.25, 0.3) is 5.91 Å². The average Bonchev–Trinajstić information content (AvgIpc) is 2.91. The van der Waals surface area contributed by atoms with Crippen molar-refractivity contribution in [3.63, 3.8) is 0 Å². The van der Waals surface area contributed by atoms with Gasteiger partial charge in [-0.2, -0.15) is 5.10 Å². The van der Waals surface area contributed by atoms with Crippen molar-refractivity contribution in [1.82, 2.24) is 15.1 Å². The number of aromatic nitrogens is 2. The zero-order valence-corrected chi connectivity index (χ0v) is 11.8. The summed E-state index contributed by atoms with van der Waals surface area (Å²) in [4.78, 5) is 14.1. The van der Waals surface area contributed by atoms with Gasteiger partial charge in [-0.1, -0.05) is 26.7 Å². The number of H-pyrrole nitrogens is 1. The molecule has 0 unspecified atom stereocenters. The zero-order valence-electron chi connectivity index (χ0n) is 11.8. The second-order valence-corrected chi connectivity index (χ2v) is 5.56. The van der Waals surface area contributed by atoms with E-state index in [2.05, 4.69) is 24.0 Å². The number of hydrogen-bond donors (Lipinski definition) is 1. The van der Waals surface area contributed by atoms with E-state index < -0.39 is 0 Å². The van der Waals surface area contributed by atoms with Crippen LogP contribution in [0.25, 0.3) is 0 Å². The number of nitrogens with one attached hydrogen (secondary N) is 1. The normalized spacial score (nSPS) is 19.9. The van der Waals surface area contributed by atoms with E-state index in [0.717, 1.165) is 18.8 Å². The molecule has 0 saturated carbocycles. The van der Waals surface area contributed by atoms with Gasteiger partial charge in [-0.25, -0.2) is 0 Å². The first-order valence-corrected chi connectivity index (χ1v) is 7.06. The summed E-state index contributed by atoms with van der Waals surface area (Å²) in [6.45, 7) is 6.47. The Kier molecular flexibility index (Phi) is 4.96. The predicted molar refractivity (Wildman–Crippen MR) is 72.9 cm³/mol. The SMILES string of the molecule is CC(C)CCC[C@H]1CN(C(=O)c2cn[nH]c2)CCO1. The molecular weight excluding hydrogens is 242 g/mol. The van der Waals surface area contributed by atoms with Crippen molar-refractivity contribution in [3.05, 3.63) is 18.0 Å². The van der Waals surface area contributed by atoms with Crippen LogP contribution >= 0.6 is 0 Å². The smallest absolute Gasteiger partial charge is 0.257 e. The summed E-state index contributed by atoms with van der Waals surface area (Å²) in [6.07, 6.45) is 6.82. The number of carbonyl (C=O) groups is 1. The fourth-order valence-corrected chi connectivity index (χ4v) is 2.38. The minimum Gasteiger partial charge on any atom is -0.375 e. The Morgan fingerprint density at radius 3 is 3.16 bits per heavy atom. The lowest BCUT2D eigenvalue weighted by atomic mass is 10.0. The Morgan fingerprint density at radius 1 is 1.63 bits per heavy atom. The molecule has 5 nitrogen and oxygen atoms in total. The quantitative estimate of drug-likeness (QED) is 0.886. The lowest BCUT2D eigenvalue weighted by Gasteiger charge is -2.33. The second-order valence-electron chi connectivity index (χ2n) is 5.56. The molecule has 0 radical (unpaired) electrons. The topological polar surface area (TPSA) is 58.2 Å². The second kappa shape index (κ2) is 6.70. The molecule has 1 saturated heterocycles. The van der Waals surface area contributed by atoms with E-state index >= 15 is 0 Å². The number of morpholine rings is 1. The lowest BCUT2D eigenvalue weighted by Crippen LogP contribution is -2.45. The highest BCUT2D eigenvalue weighted by Crippen LogP contribution is 2.16. The standard InChI is InChI=1S/C14H23N3O2/c1-11(2)4-3-5-13-10-17(6-7-19-13)14(18)12-8-15-16-9-12/h8-9,11,13H,3-7,10H2,1-2H3,(H,15,16)/t13-/m0/s1. The molecule has 1 aliphatic heterocycles. The van der Waals surface area contributed by atoms with Crippen LogP contribution in [0.3, 0.4) is 0 Å². The first-order valence-electron chi connectivity index (χ1n) is 7.06. The van der Waals surface area contributed by atoms with Crippen molar-refractivity contribution >= 4 is 5.91 Å². The molecular formula is C14H23N3O2. The number of amides is 1. The molecule has 2 rings (SSSR count). The van der Waals surface area contributed by atoms with Crippen LogP contribution in [0.5, 0.6) is 0 Å². The van der Waals surface area contributed by atoms with Gasteiger partial charge in [-0.15, -0.1) is 0 Å². The molecule has 1 fully saturated rings. The molecule has 19 heavy (non-hydrogen) atoms. The van der Waals surface area contributed by atoms with E-state index in [1.54, 1.807) is 12.4 Å². The Labute approximate surface area is 114 Å². The maximum Gasteiger partial charge on any atom is 0.257 e. The summed E-state index contributed by atoms with van der Waals surface area (Å²) in [5, 5.41) is 6.50. The predicted octanol–water partition coefficient (Wildman–Crippen LogP) is 2.08. The zero-order chi connectivity index (χ0) is 13.7. The van der Waals surface area contributed by atoms with E-state index in [1.165, 1.54) is 6.42 Å². The first kappa shape index (κ1) is 14.1. The third-order valence-electron chi connectivity index (χ3n) is 3.48. The molecule has 1 atom stereocenters. The van der Waals surface area contributed by atoms with Crippen LogP contribution in [0.1, 0.15) is 43.5 Å². The molecule has 1 aromatic rings. The van der Waals surface area contributed by atoms with E-state index in [4.69, 9.17) is 4.74 Å². The van der Waals surface area contributed by atoms with Crippen LogP contribution in [-0.4, -0.2) is 46.8 Å². The maximum atomic E-state index is 12.2. The minimum atomic E-state index is 0.0471. The van der Waals surface area contributed by atoms with Gasteiger partial charge in [-0.05, 0) is 12.3 Å². The molecule has 0 spiro atoms. The monoisotopic (exact) mass is 265 g/mol. The molecule has 2 heterocycles. The molecule has 1 amide bonds. The summed E-state index contributed by atoms with van der Waals surface area (Å²) < 4.78 is 5.74. The van der Waals surface area contributed by atoms with E-state index in [1.807, 2.05) is 4.90 Å². The molecule has 0 bridgehead atoms. The summed E-state index contributed by atoms with van der Waals surface area (Å²) in [5.74, 6) is 0.776. The molecule has 106 valence electrons. The molecule has 1 aliphatic rings. The van der Waals surface area contributed by atoms with E-state index in [9.17, 15) is 4.79 Å². The van der Waals surface area contributed by atoms with Crippen LogP contribution in [-0.2, 0) is 4.74 Å². The van der Waals surface area contributed by atoms with E-state index in [-0.39, 0.29) is 12.0 Å². The Balaban J connectivity index is 1.82. The highest BCUT2D eigenvalue weighted by atomic mass is 16.5. The van der Waals surface area contributed by atoms with E-state index in [0.29, 0.717) is 25.3 Å². The van der Waals surface area contributed by atoms with Crippen LogP contribution < -0.4 is 0 Å². The first-order chi connectivity index (χ1) is 9.16. The number of hydrogen-bond acceptors (Lipinski definition) is 3. The number of rotatable bonds is 5. The van der Waals surface area contributed by atoms with Gasteiger partial charge in [0.15, 0.2) is 0 Å². The Morgan fingerprint density at radius 2 is 2.47 bits per heavy atom. The third-order valence-corrected chi connectivity index (χ3v) is 3.48. The van der Waals surface area contributed by atoms with Gasteiger partial charge < -0.3 is 9.64 Å². The van der Waals surface area contributed by atoms with Crippen LogP contribution in [0.2, 0.25) is 0 Å². The Bertz CT molecular complexity index is 389. The van der Waals surface area contributed by atoms with Crippen molar-refractivity contribution in [2.45, 2.75) is 39.2 Å². The molecule has 0 aromatic carbocycles. The van der Waals surface area contributed by atoms with Crippen LogP contribution in [0.15, 0.2) is 12.4 Å². The van der Waals surface area contributed by atoms with Crippen LogP contribution in [0, 0.1) is 5.92 Å². The third kappa shape index (κ3) is 4.06. The van der Waals surface area contributed by atoms with Gasteiger partial charge in [0.05, 0.1) is 24.5 Å². The van der Waals surface area contributed by atoms with Crippen LogP contribution in [0.4, 0.5) is 0 Å². The summed E-state index contributed by atoms with van der Waals surface area (Å²) in [7, 11) is 0. The fraction of sp³-hybridized carbons (Fsp3) is 0.714. The van der Waals surface area contributed by atoms with Gasteiger partial charge >= 0.3 is 0 Å². The number of nitrogens with zero attached hydrogens (tertiary/aromatic N) is 2. The molecule has 0 aliphatic carbocycles. The van der Waals surface area contributed by atoms with Gasteiger partial charge in [0.1, 0.15) is 0 Å². The number of carbonyl (C=O) groups excluding carboxylic acids is 1.